The second-order valence-electron chi connectivity index (χ2n) is 10.5. The Labute approximate surface area is 260 Å². The van der Waals surface area contributed by atoms with Gasteiger partial charge in [0.25, 0.3) is 5.91 Å². The van der Waals surface area contributed by atoms with Crippen LogP contribution in [0.4, 0.5) is 11.5 Å². The highest BCUT2D eigenvalue weighted by molar-refractivity contribution is 7.98. The molecule has 2 aromatic carbocycles. The van der Waals surface area contributed by atoms with E-state index in [-0.39, 0.29) is 11.8 Å². The molecule has 0 radical (unpaired) electrons. The van der Waals surface area contributed by atoms with E-state index in [1.807, 2.05) is 42.5 Å². The number of hydrogen-bond donors (Lipinski definition) is 0. The van der Waals surface area contributed by atoms with Crippen LogP contribution in [0.1, 0.15) is 23.2 Å². The first-order valence-corrected chi connectivity index (χ1v) is 15.8. The highest BCUT2D eigenvalue weighted by Gasteiger charge is 2.26. The van der Waals surface area contributed by atoms with Gasteiger partial charge in [0.1, 0.15) is 11.6 Å². The van der Waals surface area contributed by atoms with Gasteiger partial charge < -0.3 is 24.0 Å². The predicted molar refractivity (Wildman–Crippen MR) is 170 cm³/mol. The van der Waals surface area contributed by atoms with Gasteiger partial charge >= 0.3 is 0 Å². The van der Waals surface area contributed by atoms with E-state index >= 15 is 0 Å². The van der Waals surface area contributed by atoms with E-state index in [9.17, 15) is 9.59 Å². The Morgan fingerprint density at radius 2 is 1.49 bits per heavy atom. The SMILES string of the molecule is CC(=O)N1CCN(C(=O)c2ccc(CSc3nc(-c4ccccc4)cc(N4CCN(c5ccccc5Cl)CC4)n3)o2)CC1. The molecule has 4 heterocycles. The van der Waals surface area contributed by atoms with E-state index in [0.29, 0.717) is 48.6 Å². The molecule has 9 nitrogen and oxygen atoms in total. The topological polar surface area (TPSA) is 86.0 Å². The average molecular weight is 617 g/mol. The second kappa shape index (κ2) is 13.1. The van der Waals surface area contributed by atoms with E-state index in [4.69, 9.17) is 26.0 Å². The van der Waals surface area contributed by atoms with Crippen LogP contribution in [0.2, 0.25) is 5.02 Å². The van der Waals surface area contributed by atoms with Crippen molar-refractivity contribution in [2.75, 3.05) is 62.2 Å². The van der Waals surface area contributed by atoms with E-state index in [1.54, 1.807) is 22.8 Å². The highest BCUT2D eigenvalue weighted by Crippen LogP contribution is 2.30. The summed E-state index contributed by atoms with van der Waals surface area (Å²) in [5, 5.41) is 1.41. The minimum absolute atomic E-state index is 0.0328. The molecule has 2 amide bonds. The van der Waals surface area contributed by atoms with Gasteiger partial charge in [-0.05, 0) is 24.3 Å². The van der Waals surface area contributed by atoms with Crippen LogP contribution >= 0.6 is 23.4 Å². The molecule has 2 fully saturated rings. The number of piperazine rings is 2. The molecule has 0 bridgehead atoms. The molecule has 2 aromatic heterocycles. The lowest BCUT2D eigenvalue weighted by Crippen LogP contribution is -2.50. The first-order valence-electron chi connectivity index (χ1n) is 14.4. The lowest BCUT2D eigenvalue weighted by Gasteiger charge is -2.37. The Kier molecular flexibility index (Phi) is 8.85. The standard InChI is InChI=1S/C32H33ClN6O3S/c1-23(40)36-13-19-39(20-14-36)31(41)29-12-11-25(42-29)22-43-32-34-27(24-7-3-2-4-8-24)21-30(35-32)38-17-15-37(16-18-38)28-10-6-5-9-26(28)33/h2-12,21H,13-20,22H2,1H3. The summed E-state index contributed by atoms with van der Waals surface area (Å²) in [5.41, 5.74) is 2.95. The number of rotatable bonds is 7. The number of para-hydroxylation sites is 1. The number of carbonyl (C=O) groups excluding carboxylic acids is 2. The van der Waals surface area contributed by atoms with Crippen LogP contribution in [0.25, 0.3) is 11.3 Å². The number of amides is 2. The third kappa shape index (κ3) is 6.81. The van der Waals surface area contributed by atoms with Gasteiger partial charge in [0.2, 0.25) is 5.91 Å². The average Bonchev–Trinajstić information content (AvgIpc) is 3.53. The Balaban J connectivity index is 1.14. The molecular formula is C32H33ClN6O3S. The Bertz CT molecular complexity index is 1580. The zero-order valence-electron chi connectivity index (χ0n) is 24.0. The number of nitrogens with zero attached hydrogens (tertiary/aromatic N) is 6. The van der Waals surface area contributed by atoms with Crippen molar-refractivity contribution in [2.24, 2.45) is 0 Å². The zero-order valence-corrected chi connectivity index (χ0v) is 25.6. The Hall–Kier alpha value is -4.02. The summed E-state index contributed by atoms with van der Waals surface area (Å²) in [4.78, 5) is 42.5. The summed E-state index contributed by atoms with van der Waals surface area (Å²) in [6.45, 7) is 6.92. The van der Waals surface area contributed by atoms with Gasteiger partial charge in [0.05, 0.1) is 22.2 Å². The van der Waals surface area contributed by atoms with Gasteiger partial charge in [-0.25, -0.2) is 9.97 Å². The van der Waals surface area contributed by atoms with Crippen LogP contribution in [-0.2, 0) is 10.5 Å². The Morgan fingerprint density at radius 1 is 0.814 bits per heavy atom. The molecular weight excluding hydrogens is 584 g/mol. The van der Waals surface area contributed by atoms with Crippen LogP contribution in [-0.4, -0.2) is 83.9 Å². The number of anilines is 2. The van der Waals surface area contributed by atoms with Gasteiger partial charge in [0, 0.05) is 70.9 Å². The maximum Gasteiger partial charge on any atom is 0.289 e. The fraction of sp³-hybridized carbons (Fsp3) is 0.312. The predicted octanol–water partition coefficient (Wildman–Crippen LogP) is 5.31. The molecule has 0 spiro atoms. The number of furan rings is 1. The summed E-state index contributed by atoms with van der Waals surface area (Å²) in [6, 6.07) is 23.7. The van der Waals surface area contributed by atoms with Crippen molar-refractivity contribution in [1.29, 1.82) is 0 Å². The molecule has 0 atom stereocenters. The number of benzene rings is 2. The van der Waals surface area contributed by atoms with E-state index < -0.39 is 0 Å². The fourth-order valence-corrected chi connectivity index (χ4v) is 6.37. The lowest BCUT2D eigenvalue weighted by molar-refractivity contribution is -0.130. The van der Waals surface area contributed by atoms with E-state index in [0.717, 1.165) is 54.0 Å². The van der Waals surface area contributed by atoms with E-state index in [2.05, 4.69) is 34.1 Å². The summed E-state index contributed by atoms with van der Waals surface area (Å²) in [7, 11) is 0. The molecule has 6 rings (SSSR count). The van der Waals surface area contributed by atoms with Gasteiger partial charge in [-0.1, -0.05) is 65.8 Å². The Morgan fingerprint density at radius 3 is 2.21 bits per heavy atom. The van der Waals surface area contributed by atoms with E-state index in [1.165, 1.54) is 11.8 Å². The molecule has 2 aliphatic heterocycles. The van der Waals surface area contributed by atoms with Crippen molar-refractivity contribution in [1.82, 2.24) is 19.8 Å². The van der Waals surface area contributed by atoms with Gasteiger partial charge in [0.15, 0.2) is 10.9 Å². The van der Waals surface area contributed by atoms with Crippen molar-refractivity contribution in [3.63, 3.8) is 0 Å². The molecule has 0 N–H and O–H groups in total. The van der Waals surface area contributed by atoms with Crippen molar-refractivity contribution >= 4 is 46.7 Å². The van der Waals surface area contributed by atoms with Crippen molar-refractivity contribution in [3.05, 3.63) is 89.3 Å². The summed E-state index contributed by atoms with van der Waals surface area (Å²) in [6.07, 6.45) is 0. The van der Waals surface area contributed by atoms with Gasteiger partial charge in [-0.2, -0.15) is 0 Å². The van der Waals surface area contributed by atoms with Crippen LogP contribution < -0.4 is 9.80 Å². The van der Waals surface area contributed by atoms with Crippen LogP contribution in [0, 0.1) is 0 Å². The maximum absolute atomic E-state index is 13.0. The summed E-state index contributed by atoms with van der Waals surface area (Å²) >= 11 is 7.94. The minimum Gasteiger partial charge on any atom is -0.455 e. The third-order valence-electron chi connectivity index (χ3n) is 7.79. The van der Waals surface area contributed by atoms with Gasteiger partial charge in [-0.3, -0.25) is 9.59 Å². The van der Waals surface area contributed by atoms with Crippen LogP contribution in [0.5, 0.6) is 0 Å². The summed E-state index contributed by atoms with van der Waals surface area (Å²) < 4.78 is 5.94. The van der Waals surface area contributed by atoms with Crippen molar-refractivity contribution in [3.8, 4) is 11.3 Å². The number of carbonyl (C=O) groups is 2. The first kappa shape index (κ1) is 29.1. The number of aromatic nitrogens is 2. The molecule has 0 unspecified atom stereocenters. The molecule has 43 heavy (non-hydrogen) atoms. The molecule has 222 valence electrons. The normalized spacial score (nSPS) is 15.6. The second-order valence-corrected chi connectivity index (χ2v) is 11.9. The number of halogens is 1. The fourth-order valence-electron chi connectivity index (χ4n) is 5.37. The largest absolute Gasteiger partial charge is 0.455 e. The van der Waals surface area contributed by atoms with Crippen LogP contribution in [0.15, 0.2) is 82.4 Å². The zero-order chi connectivity index (χ0) is 29.8. The van der Waals surface area contributed by atoms with Crippen molar-refractivity contribution in [2.45, 2.75) is 17.8 Å². The highest BCUT2D eigenvalue weighted by atomic mass is 35.5. The van der Waals surface area contributed by atoms with Crippen molar-refractivity contribution < 1.29 is 14.0 Å². The minimum atomic E-state index is -0.153. The maximum atomic E-state index is 13.0. The first-order chi connectivity index (χ1) is 20.9. The molecule has 4 aromatic rings. The third-order valence-corrected chi connectivity index (χ3v) is 8.98. The molecule has 11 heteroatoms. The number of thioether (sulfide) groups is 1. The van der Waals surface area contributed by atoms with Gasteiger partial charge in [-0.15, -0.1) is 0 Å². The molecule has 0 saturated carbocycles. The summed E-state index contributed by atoms with van der Waals surface area (Å²) in [5.74, 6) is 2.24. The van der Waals surface area contributed by atoms with Crippen LogP contribution in [0.3, 0.4) is 0 Å². The monoisotopic (exact) mass is 616 g/mol. The smallest absolute Gasteiger partial charge is 0.289 e. The molecule has 0 aliphatic carbocycles. The quantitative estimate of drug-likeness (QED) is 0.204. The molecule has 2 aliphatic rings. The number of hydrogen-bond acceptors (Lipinski definition) is 8. The molecule has 2 saturated heterocycles. The lowest BCUT2D eigenvalue weighted by atomic mass is 10.1.